The minimum Gasteiger partial charge on any atom is -0.316 e. The topological polar surface area (TPSA) is 12.0 Å². The Hall–Kier alpha value is -1.34. The third-order valence-corrected chi connectivity index (χ3v) is 3.44. The van der Waals surface area contributed by atoms with Gasteiger partial charge in [0.05, 0.1) is 0 Å². The van der Waals surface area contributed by atoms with Gasteiger partial charge in [-0.15, -0.1) is 0 Å². The molecule has 0 saturated carbocycles. The lowest BCUT2D eigenvalue weighted by molar-refractivity contribution is 0.473. The van der Waals surface area contributed by atoms with E-state index in [1.165, 1.54) is 16.3 Å². The molecule has 0 bridgehead atoms. The lowest BCUT2D eigenvalue weighted by Crippen LogP contribution is -2.26. The normalized spacial score (nSPS) is 13.1. The second-order valence-electron chi connectivity index (χ2n) is 6.04. The van der Waals surface area contributed by atoms with E-state index in [1.807, 2.05) is 0 Å². The quantitative estimate of drug-likeness (QED) is 0.813. The molecule has 1 nitrogen and oxygen atoms in total. The molecule has 0 fully saturated rings. The standard InChI is InChI=1S/C18H25N/c1-14(2)12-19-13-15(3)10-16-8-9-17-6-4-5-7-18(17)11-16/h4-9,11,14-15,19H,10,12-13H2,1-3H3. The second kappa shape index (κ2) is 6.72. The largest absolute Gasteiger partial charge is 0.316 e. The lowest BCUT2D eigenvalue weighted by Gasteiger charge is -2.14. The molecule has 2 aromatic rings. The SMILES string of the molecule is CC(C)CNCC(C)Cc1ccc2ccccc2c1. The fraction of sp³-hybridized carbons (Fsp3) is 0.444. The van der Waals surface area contributed by atoms with Crippen molar-refractivity contribution in [1.29, 1.82) is 0 Å². The number of fused-ring (bicyclic) bond motifs is 1. The third kappa shape index (κ3) is 4.36. The molecule has 0 aliphatic carbocycles. The van der Waals surface area contributed by atoms with Crippen molar-refractivity contribution >= 4 is 10.8 Å². The smallest absolute Gasteiger partial charge is 0.00199 e. The van der Waals surface area contributed by atoms with Crippen LogP contribution in [0.1, 0.15) is 26.3 Å². The first-order valence-electron chi connectivity index (χ1n) is 7.33. The molecule has 0 aliphatic rings. The Bertz CT molecular complexity index is 516. The van der Waals surface area contributed by atoms with Gasteiger partial charge >= 0.3 is 0 Å². The van der Waals surface area contributed by atoms with Crippen LogP contribution in [0.3, 0.4) is 0 Å². The van der Waals surface area contributed by atoms with E-state index < -0.39 is 0 Å². The average molecular weight is 255 g/mol. The molecule has 1 atom stereocenters. The minimum absolute atomic E-state index is 0.680. The van der Waals surface area contributed by atoms with E-state index in [9.17, 15) is 0 Å². The van der Waals surface area contributed by atoms with Crippen LogP contribution in [-0.2, 0) is 6.42 Å². The molecule has 1 N–H and O–H groups in total. The molecule has 0 aromatic heterocycles. The Morgan fingerprint density at radius 1 is 0.895 bits per heavy atom. The molecule has 1 unspecified atom stereocenters. The van der Waals surface area contributed by atoms with Crippen LogP contribution in [0, 0.1) is 11.8 Å². The van der Waals surface area contributed by atoms with E-state index in [-0.39, 0.29) is 0 Å². The van der Waals surface area contributed by atoms with Crippen LogP contribution in [0.2, 0.25) is 0 Å². The summed E-state index contributed by atoms with van der Waals surface area (Å²) in [6.07, 6.45) is 1.15. The van der Waals surface area contributed by atoms with Gasteiger partial charge in [-0.05, 0) is 47.7 Å². The van der Waals surface area contributed by atoms with Crippen molar-refractivity contribution in [3.8, 4) is 0 Å². The van der Waals surface area contributed by atoms with Crippen molar-refractivity contribution < 1.29 is 0 Å². The summed E-state index contributed by atoms with van der Waals surface area (Å²) in [5.41, 5.74) is 1.44. The Balaban J connectivity index is 1.93. The first-order valence-corrected chi connectivity index (χ1v) is 7.33. The van der Waals surface area contributed by atoms with Gasteiger partial charge in [0.25, 0.3) is 0 Å². The molecule has 0 saturated heterocycles. The Morgan fingerprint density at radius 2 is 1.63 bits per heavy atom. The molecule has 0 radical (unpaired) electrons. The first-order chi connectivity index (χ1) is 9.15. The van der Waals surface area contributed by atoms with Crippen molar-refractivity contribution in [3.63, 3.8) is 0 Å². The van der Waals surface area contributed by atoms with Gasteiger partial charge in [-0.2, -0.15) is 0 Å². The van der Waals surface area contributed by atoms with Gasteiger partial charge in [0, 0.05) is 0 Å². The number of hydrogen-bond donors (Lipinski definition) is 1. The number of rotatable bonds is 6. The monoisotopic (exact) mass is 255 g/mol. The van der Waals surface area contributed by atoms with Crippen LogP contribution in [0.5, 0.6) is 0 Å². The predicted octanol–water partition coefficient (Wildman–Crippen LogP) is 4.26. The lowest BCUT2D eigenvalue weighted by atomic mass is 9.98. The highest BCUT2D eigenvalue weighted by Crippen LogP contribution is 2.17. The van der Waals surface area contributed by atoms with Gasteiger partial charge in [0.2, 0.25) is 0 Å². The number of hydrogen-bond acceptors (Lipinski definition) is 1. The highest BCUT2D eigenvalue weighted by Gasteiger charge is 2.04. The molecule has 2 rings (SSSR count). The maximum absolute atomic E-state index is 3.54. The van der Waals surface area contributed by atoms with Crippen LogP contribution < -0.4 is 5.32 Å². The fourth-order valence-corrected chi connectivity index (χ4v) is 2.46. The molecule has 2 aromatic carbocycles. The molecule has 0 heterocycles. The maximum atomic E-state index is 3.54. The fourth-order valence-electron chi connectivity index (χ4n) is 2.46. The van der Waals surface area contributed by atoms with Crippen molar-refractivity contribution in [3.05, 3.63) is 48.0 Å². The number of nitrogens with one attached hydrogen (secondary N) is 1. The summed E-state index contributed by atoms with van der Waals surface area (Å²) in [7, 11) is 0. The third-order valence-electron chi connectivity index (χ3n) is 3.44. The van der Waals surface area contributed by atoms with Crippen molar-refractivity contribution in [2.24, 2.45) is 11.8 Å². The van der Waals surface area contributed by atoms with Crippen LogP contribution in [0.4, 0.5) is 0 Å². The maximum Gasteiger partial charge on any atom is -0.00199 e. The summed E-state index contributed by atoms with van der Waals surface area (Å²) >= 11 is 0. The average Bonchev–Trinajstić information content (AvgIpc) is 2.38. The zero-order chi connectivity index (χ0) is 13.7. The van der Waals surface area contributed by atoms with Crippen LogP contribution >= 0.6 is 0 Å². The van der Waals surface area contributed by atoms with Crippen LogP contribution in [-0.4, -0.2) is 13.1 Å². The molecule has 0 amide bonds. The van der Waals surface area contributed by atoms with Crippen molar-refractivity contribution in [2.45, 2.75) is 27.2 Å². The minimum atomic E-state index is 0.680. The molecule has 102 valence electrons. The summed E-state index contributed by atoms with van der Waals surface area (Å²) in [4.78, 5) is 0. The van der Waals surface area contributed by atoms with E-state index in [0.29, 0.717) is 5.92 Å². The van der Waals surface area contributed by atoms with Crippen LogP contribution in [0.15, 0.2) is 42.5 Å². The van der Waals surface area contributed by atoms with Crippen molar-refractivity contribution in [2.75, 3.05) is 13.1 Å². The van der Waals surface area contributed by atoms with E-state index in [0.717, 1.165) is 25.4 Å². The molecule has 19 heavy (non-hydrogen) atoms. The van der Waals surface area contributed by atoms with Gasteiger partial charge in [0.15, 0.2) is 0 Å². The van der Waals surface area contributed by atoms with Gasteiger partial charge in [0.1, 0.15) is 0 Å². The summed E-state index contributed by atoms with van der Waals surface area (Å²) in [6, 6.07) is 15.4. The zero-order valence-electron chi connectivity index (χ0n) is 12.3. The zero-order valence-corrected chi connectivity index (χ0v) is 12.3. The molecule has 1 heteroatoms. The Labute approximate surface area is 117 Å². The molecule has 0 aliphatic heterocycles. The second-order valence-corrected chi connectivity index (χ2v) is 6.04. The Morgan fingerprint density at radius 3 is 2.37 bits per heavy atom. The van der Waals surface area contributed by atoms with Crippen LogP contribution in [0.25, 0.3) is 10.8 Å². The summed E-state index contributed by atoms with van der Waals surface area (Å²) in [5, 5.41) is 6.22. The molecule has 0 spiro atoms. The van der Waals surface area contributed by atoms with E-state index >= 15 is 0 Å². The van der Waals surface area contributed by atoms with Gasteiger partial charge < -0.3 is 5.32 Å². The summed E-state index contributed by atoms with van der Waals surface area (Å²) in [5.74, 6) is 1.41. The highest BCUT2D eigenvalue weighted by atomic mass is 14.9. The van der Waals surface area contributed by atoms with E-state index in [4.69, 9.17) is 0 Å². The van der Waals surface area contributed by atoms with Gasteiger partial charge in [-0.25, -0.2) is 0 Å². The van der Waals surface area contributed by atoms with E-state index in [2.05, 4.69) is 68.6 Å². The van der Waals surface area contributed by atoms with Gasteiger partial charge in [-0.3, -0.25) is 0 Å². The summed E-state index contributed by atoms with van der Waals surface area (Å²) < 4.78 is 0. The predicted molar refractivity (Wildman–Crippen MR) is 84.5 cm³/mol. The molecular formula is C18H25N. The summed E-state index contributed by atoms with van der Waals surface area (Å²) in [6.45, 7) is 9.04. The Kier molecular flexibility index (Phi) is 4.98. The number of benzene rings is 2. The van der Waals surface area contributed by atoms with Crippen molar-refractivity contribution in [1.82, 2.24) is 5.32 Å². The molecular weight excluding hydrogens is 230 g/mol. The van der Waals surface area contributed by atoms with Gasteiger partial charge in [-0.1, -0.05) is 63.2 Å². The first kappa shape index (κ1) is 14.1. The van der Waals surface area contributed by atoms with E-state index in [1.54, 1.807) is 0 Å². The highest BCUT2D eigenvalue weighted by molar-refractivity contribution is 5.82.